The van der Waals surface area contributed by atoms with Crippen molar-refractivity contribution < 1.29 is 14.4 Å². The lowest BCUT2D eigenvalue weighted by atomic mass is 10.1. The molecule has 152 valence electrons. The second kappa shape index (κ2) is 7.96. The smallest absolute Gasteiger partial charge is 0.292 e. The molecule has 0 aliphatic carbocycles. The maximum absolute atomic E-state index is 11.2. The molecule has 0 aliphatic heterocycles. The number of hydrogen-bond donors (Lipinski definition) is 1. The van der Waals surface area contributed by atoms with Crippen molar-refractivity contribution in [1.82, 2.24) is 9.97 Å². The second-order valence-electron chi connectivity index (χ2n) is 6.55. The molecule has 0 saturated heterocycles. The molecule has 30 heavy (non-hydrogen) atoms. The van der Waals surface area contributed by atoms with E-state index in [1.54, 1.807) is 32.5 Å². The molecular formula is C21H18N4O4S. The van der Waals surface area contributed by atoms with Crippen LogP contribution in [0.4, 0.5) is 11.4 Å². The summed E-state index contributed by atoms with van der Waals surface area (Å²) in [5, 5.41) is 13.2. The van der Waals surface area contributed by atoms with Crippen LogP contribution in [-0.2, 0) is 6.42 Å². The van der Waals surface area contributed by atoms with E-state index in [1.807, 2.05) is 23.6 Å². The Bertz CT molecular complexity index is 1260. The molecule has 9 heteroatoms. The minimum absolute atomic E-state index is 0.119. The normalized spacial score (nSPS) is 10.9. The van der Waals surface area contributed by atoms with Crippen molar-refractivity contribution in [2.75, 3.05) is 20.0 Å². The van der Waals surface area contributed by atoms with Gasteiger partial charge in [-0.05, 0) is 29.3 Å². The van der Waals surface area contributed by atoms with E-state index in [-0.39, 0.29) is 11.4 Å². The monoisotopic (exact) mass is 422 g/mol. The van der Waals surface area contributed by atoms with E-state index in [4.69, 9.17) is 20.2 Å². The number of anilines is 1. The van der Waals surface area contributed by atoms with Crippen molar-refractivity contribution in [1.29, 1.82) is 0 Å². The Morgan fingerprint density at radius 2 is 1.93 bits per heavy atom. The van der Waals surface area contributed by atoms with Crippen LogP contribution in [0.3, 0.4) is 0 Å². The summed E-state index contributed by atoms with van der Waals surface area (Å²) in [6, 6.07) is 10.5. The van der Waals surface area contributed by atoms with Gasteiger partial charge in [-0.2, -0.15) is 0 Å². The van der Waals surface area contributed by atoms with Gasteiger partial charge in [-0.1, -0.05) is 12.1 Å². The zero-order valence-corrected chi connectivity index (χ0v) is 17.1. The number of fused-ring (bicyclic) bond motifs is 1. The molecule has 0 unspecified atom stereocenters. The Labute approximate surface area is 176 Å². The number of nitrogens with two attached hydrogens (primary N) is 1. The molecule has 0 aliphatic rings. The SMILES string of the molecule is COc1ccc(Cc2ncc3scc(-c4ccc(N)c([N+](=O)[O-])c4)c3n2)cc1OC. The third-order valence-electron chi connectivity index (χ3n) is 4.71. The molecule has 0 fully saturated rings. The molecular weight excluding hydrogens is 404 g/mol. The summed E-state index contributed by atoms with van der Waals surface area (Å²) in [7, 11) is 3.18. The summed E-state index contributed by atoms with van der Waals surface area (Å²) in [4.78, 5) is 20.0. The molecule has 2 aromatic carbocycles. The van der Waals surface area contributed by atoms with Crippen molar-refractivity contribution in [2.45, 2.75) is 6.42 Å². The van der Waals surface area contributed by atoms with Crippen molar-refractivity contribution in [3.05, 3.63) is 69.5 Å². The van der Waals surface area contributed by atoms with Gasteiger partial charge in [0.25, 0.3) is 5.69 Å². The number of rotatable bonds is 6. The first kappa shape index (κ1) is 19.6. The first-order chi connectivity index (χ1) is 14.5. The van der Waals surface area contributed by atoms with E-state index >= 15 is 0 Å². The third kappa shape index (κ3) is 3.62. The van der Waals surface area contributed by atoms with Crippen LogP contribution < -0.4 is 15.2 Å². The number of nitro groups is 1. The highest BCUT2D eigenvalue weighted by Gasteiger charge is 2.16. The van der Waals surface area contributed by atoms with Gasteiger partial charge in [-0.15, -0.1) is 11.3 Å². The highest BCUT2D eigenvalue weighted by Crippen LogP contribution is 2.36. The van der Waals surface area contributed by atoms with E-state index in [1.165, 1.54) is 17.4 Å². The summed E-state index contributed by atoms with van der Waals surface area (Å²) < 4.78 is 11.5. The van der Waals surface area contributed by atoms with Gasteiger partial charge >= 0.3 is 0 Å². The predicted octanol–water partition coefficient (Wildman–Crippen LogP) is 4.46. The van der Waals surface area contributed by atoms with Crippen molar-refractivity contribution >= 4 is 32.9 Å². The number of nitrogen functional groups attached to an aromatic ring is 1. The molecule has 2 heterocycles. The Kier molecular flexibility index (Phi) is 5.20. The lowest BCUT2D eigenvalue weighted by Crippen LogP contribution is -1.98. The Balaban J connectivity index is 1.72. The fourth-order valence-electron chi connectivity index (χ4n) is 3.20. The van der Waals surface area contributed by atoms with Crippen LogP contribution in [0.25, 0.3) is 21.3 Å². The largest absolute Gasteiger partial charge is 0.493 e. The molecule has 0 spiro atoms. The van der Waals surface area contributed by atoms with Crippen LogP contribution in [0, 0.1) is 10.1 Å². The van der Waals surface area contributed by atoms with E-state index in [2.05, 4.69) is 4.98 Å². The highest BCUT2D eigenvalue weighted by atomic mass is 32.1. The summed E-state index contributed by atoms with van der Waals surface area (Å²) in [5.41, 5.74) is 8.98. The number of nitrogens with zero attached hydrogens (tertiary/aromatic N) is 3. The topological polar surface area (TPSA) is 113 Å². The fraction of sp³-hybridized carbons (Fsp3) is 0.143. The molecule has 8 nitrogen and oxygen atoms in total. The van der Waals surface area contributed by atoms with E-state index < -0.39 is 4.92 Å². The molecule has 0 bridgehead atoms. The van der Waals surface area contributed by atoms with Crippen LogP contribution >= 0.6 is 11.3 Å². The van der Waals surface area contributed by atoms with Gasteiger partial charge in [0.1, 0.15) is 11.5 Å². The van der Waals surface area contributed by atoms with Gasteiger partial charge in [0.05, 0.1) is 29.4 Å². The summed E-state index contributed by atoms with van der Waals surface area (Å²) >= 11 is 1.49. The highest BCUT2D eigenvalue weighted by molar-refractivity contribution is 7.17. The average molecular weight is 422 g/mol. The second-order valence-corrected chi connectivity index (χ2v) is 7.46. The van der Waals surface area contributed by atoms with Gasteiger partial charge in [0.2, 0.25) is 0 Å². The van der Waals surface area contributed by atoms with Crippen molar-refractivity contribution in [2.24, 2.45) is 0 Å². The number of benzene rings is 2. The van der Waals surface area contributed by atoms with Gasteiger partial charge < -0.3 is 15.2 Å². The number of nitro benzene ring substituents is 1. The Hall–Kier alpha value is -3.72. The minimum atomic E-state index is -0.481. The van der Waals surface area contributed by atoms with Crippen LogP contribution in [0.1, 0.15) is 11.4 Å². The van der Waals surface area contributed by atoms with E-state index in [0.29, 0.717) is 29.3 Å². The number of ether oxygens (including phenoxy) is 2. The molecule has 0 amide bonds. The summed E-state index contributed by atoms with van der Waals surface area (Å²) in [6.45, 7) is 0. The van der Waals surface area contributed by atoms with E-state index in [0.717, 1.165) is 21.3 Å². The number of aromatic nitrogens is 2. The first-order valence-corrected chi connectivity index (χ1v) is 9.86. The average Bonchev–Trinajstić information content (AvgIpc) is 3.17. The molecule has 4 aromatic rings. The maximum atomic E-state index is 11.2. The fourth-order valence-corrected chi connectivity index (χ4v) is 4.07. The Morgan fingerprint density at radius 1 is 1.13 bits per heavy atom. The standard InChI is InChI=1S/C21H18N4O4S/c1-28-17-6-3-12(7-18(17)29-2)8-20-23-10-19-21(24-20)14(11-30-19)13-4-5-15(22)16(9-13)25(26)27/h3-7,9-11H,8,22H2,1-2H3. The predicted molar refractivity (Wildman–Crippen MR) is 116 cm³/mol. The zero-order chi connectivity index (χ0) is 21.3. The lowest BCUT2D eigenvalue weighted by Gasteiger charge is -2.09. The molecule has 0 radical (unpaired) electrons. The van der Waals surface area contributed by atoms with Crippen molar-refractivity contribution in [3.63, 3.8) is 0 Å². The summed E-state index contributed by atoms with van der Waals surface area (Å²) in [6.07, 6.45) is 2.28. The number of thiophene rings is 1. The van der Waals surface area contributed by atoms with Gasteiger partial charge in [-0.3, -0.25) is 10.1 Å². The number of hydrogen-bond acceptors (Lipinski definition) is 8. The molecule has 2 N–H and O–H groups in total. The molecule has 0 atom stereocenters. The first-order valence-electron chi connectivity index (χ1n) is 8.98. The van der Waals surface area contributed by atoms with Gasteiger partial charge in [0.15, 0.2) is 11.5 Å². The van der Waals surface area contributed by atoms with Gasteiger partial charge in [0, 0.05) is 29.6 Å². The number of methoxy groups -OCH3 is 2. The van der Waals surface area contributed by atoms with E-state index in [9.17, 15) is 10.1 Å². The van der Waals surface area contributed by atoms with Crippen LogP contribution in [0.15, 0.2) is 48.0 Å². The molecule has 2 aromatic heterocycles. The Morgan fingerprint density at radius 3 is 2.67 bits per heavy atom. The summed E-state index contributed by atoms with van der Waals surface area (Å²) in [5.74, 6) is 1.93. The van der Waals surface area contributed by atoms with Crippen LogP contribution in [0.2, 0.25) is 0 Å². The third-order valence-corrected chi connectivity index (χ3v) is 5.62. The maximum Gasteiger partial charge on any atom is 0.292 e. The van der Waals surface area contributed by atoms with Gasteiger partial charge in [-0.25, -0.2) is 9.97 Å². The lowest BCUT2D eigenvalue weighted by molar-refractivity contribution is -0.383. The van der Waals surface area contributed by atoms with Crippen molar-refractivity contribution in [3.8, 4) is 22.6 Å². The molecule has 0 saturated carbocycles. The minimum Gasteiger partial charge on any atom is -0.493 e. The van der Waals surface area contributed by atoms with Crippen LogP contribution in [-0.4, -0.2) is 29.1 Å². The molecule has 4 rings (SSSR count). The van der Waals surface area contributed by atoms with Crippen LogP contribution in [0.5, 0.6) is 11.5 Å². The zero-order valence-electron chi connectivity index (χ0n) is 16.3. The quantitative estimate of drug-likeness (QED) is 0.277.